The molecule has 1 unspecified atom stereocenters. The first-order valence-corrected chi connectivity index (χ1v) is 6.63. The zero-order chi connectivity index (χ0) is 14.0. The molecule has 4 nitrogen and oxygen atoms in total. The molecule has 1 aliphatic heterocycles. The number of nitrogens with zero attached hydrogens (tertiary/aromatic N) is 2. The van der Waals surface area contributed by atoms with Crippen molar-refractivity contribution < 1.29 is 9.90 Å². The van der Waals surface area contributed by atoms with Gasteiger partial charge < -0.3 is 10.0 Å². The SMILES string of the molecule is CN(C)c1ccc(CN2CCC(C)(C(=O)O)C2)cc1. The van der Waals surface area contributed by atoms with Gasteiger partial charge in [0.05, 0.1) is 5.41 Å². The monoisotopic (exact) mass is 262 g/mol. The van der Waals surface area contributed by atoms with Gasteiger partial charge in [-0.05, 0) is 37.6 Å². The first-order valence-electron chi connectivity index (χ1n) is 6.63. The molecular weight excluding hydrogens is 240 g/mol. The molecule has 1 N–H and O–H groups in total. The van der Waals surface area contributed by atoms with Gasteiger partial charge in [0.2, 0.25) is 0 Å². The molecule has 0 saturated carbocycles. The fraction of sp³-hybridized carbons (Fsp3) is 0.533. The molecular formula is C15H22N2O2. The van der Waals surface area contributed by atoms with E-state index in [0.717, 1.165) is 19.5 Å². The fourth-order valence-electron chi connectivity index (χ4n) is 2.52. The van der Waals surface area contributed by atoms with Gasteiger partial charge in [-0.3, -0.25) is 9.69 Å². The summed E-state index contributed by atoms with van der Waals surface area (Å²) in [7, 11) is 4.04. The first kappa shape index (κ1) is 13.9. The van der Waals surface area contributed by atoms with Crippen LogP contribution in [-0.2, 0) is 11.3 Å². The van der Waals surface area contributed by atoms with Gasteiger partial charge in [-0.1, -0.05) is 12.1 Å². The van der Waals surface area contributed by atoms with Crippen molar-refractivity contribution >= 4 is 11.7 Å². The van der Waals surface area contributed by atoms with Crippen molar-refractivity contribution in [3.05, 3.63) is 29.8 Å². The molecule has 0 amide bonds. The van der Waals surface area contributed by atoms with Gasteiger partial charge >= 0.3 is 5.97 Å². The maximum Gasteiger partial charge on any atom is 0.310 e. The summed E-state index contributed by atoms with van der Waals surface area (Å²) in [6, 6.07) is 8.43. The Morgan fingerprint density at radius 1 is 1.37 bits per heavy atom. The Balaban J connectivity index is 1.97. The molecule has 1 saturated heterocycles. The van der Waals surface area contributed by atoms with Crippen molar-refractivity contribution in [3.8, 4) is 0 Å². The number of anilines is 1. The number of hydrogen-bond acceptors (Lipinski definition) is 3. The fourth-order valence-corrected chi connectivity index (χ4v) is 2.52. The van der Waals surface area contributed by atoms with Gasteiger partial charge in [0.15, 0.2) is 0 Å². The van der Waals surface area contributed by atoms with E-state index < -0.39 is 11.4 Å². The van der Waals surface area contributed by atoms with Gasteiger partial charge in [-0.2, -0.15) is 0 Å². The number of aliphatic carboxylic acids is 1. The third-order valence-corrected chi connectivity index (χ3v) is 3.93. The van der Waals surface area contributed by atoms with Gasteiger partial charge in [0, 0.05) is 32.9 Å². The molecule has 1 aliphatic rings. The Kier molecular flexibility index (Phi) is 3.80. The second-order valence-electron chi connectivity index (χ2n) is 5.89. The van der Waals surface area contributed by atoms with E-state index in [2.05, 4.69) is 34.1 Å². The molecule has 0 radical (unpaired) electrons. The third kappa shape index (κ3) is 3.07. The number of benzene rings is 1. The minimum Gasteiger partial charge on any atom is -0.481 e. The lowest BCUT2D eigenvalue weighted by Gasteiger charge is -2.20. The molecule has 1 heterocycles. The maximum atomic E-state index is 11.2. The second-order valence-corrected chi connectivity index (χ2v) is 5.89. The second kappa shape index (κ2) is 5.21. The summed E-state index contributed by atoms with van der Waals surface area (Å²) in [6.45, 7) is 4.16. The van der Waals surface area contributed by atoms with E-state index in [0.29, 0.717) is 6.54 Å². The van der Waals surface area contributed by atoms with Crippen molar-refractivity contribution in [2.75, 3.05) is 32.1 Å². The van der Waals surface area contributed by atoms with Crippen LogP contribution in [-0.4, -0.2) is 43.2 Å². The minimum atomic E-state index is -0.682. The lowest BCUT2D eigenvalue weighted by atomic mass is 9.90. The number of hydrogen-bond donors (Lipinski definition) is 1. The third-order valence-electron chi connectivity index (χ3n) is 3.93. The van der Waals surface area contributed by atoms with E-state index in [1.807, 2.05) is 21.0 Å². The van der Waals surface area contributed by atoms with Crippen LogP contribution in [0.4, 0.5) is 5.69 Å². The van der Waals surface area contributed by atoms with Crippen molar-refractivity contribution in [2.45, 2.75) is 19.9 Å². The van der Waals surface area contributed by atoms with Crippen LogP contribution >= 0.6 is 0 Å². The Hall–Kier alpha value is -1.55. The lowest BCUT2D eigenvalue weighted by Crippen LogP contribution is -2.31. The number of carbonyl (C=O) groups is 1. The summed E-state index contributed by atoms with van der Waals surface area (Å²) in [5.41, 5.74) is 1.84. The number of carboxylic acids is 1. The molecule has 19 heavy (non-hydrogen) atoms. The minimum absolute atomic E-state index is 0.580. The zero-order valence-electron chi connectivity index (χ0n) is 11.9. The van der Waals surface area contributed by atoms with Gasteiger partial charge in [-0.15, -0.1) is 0 Å². The van der Waals surface area contributed by atoms with Gasteiger partial charge in [0.1, 0.15) is 0 Å². The summed E-state index contributed by atoms with van der Waals surface area (Å²) in [5.74, 6) is -0.682. The lowest BCUT2D eigenvalue weighted by molar-refractivity contribution is -0.147. The topological polar surface area (TPSA) is 43.8 Å². The number of carboxylic acid groups (broad SMARTS) is 1. The number of likely N-dealkylation sites (tertiary alicyclic amines) is 1. The Morgan fingerprint density at radius 2 is 2.00 bits per heavy atom. The molecule has 1 aromatic rings. The Bertz CT molecular complexity index is 456. The predicted octanol–water partition coefficient (Wildman–Crippen LogP) is 2.05. The van der Waals surface area contributed by atoms with Crippen LogP contribution in [0.2, 0.25) is 0 Å². The van der Waals surface area contributed by atoms with Crippen molar-refractivity contribution in [1.82, 2.24) is 4.90 Å². The summed E-state index contributed by atoms with van der Waals surface area (Å²) in [4.78, 5) is 15.5. The maximum absolute atomic E-state index is 11.2. The van der Waals surface area contributed by atoms with E-state index >= 15 is 0 Å². The first-order chi connectivity index (χ1) is 8.90. The smallest absolute Gasteiger partial charge is 0.310 e. The van der Waals surface area contributed by atoms with Crippen LogP contribution < -0.4 is 4.90 Å². The van der Waals surface area contributed by atoms with Crippen molar-refractivity contribution in [3.63, 3.8) is 0 Å². The van der Waals surface area contributed by atoms with Crippen molar-refractivity contribution in [1.29, 1.82) is 0 Å². The predicted molar refractivity (Wildman–Crippen MR) is 76.4 cm³/mol. The van der Waals surface area contributed by atoms with Crippen LogP contribution in [0, 0.1) is 5.41 Å². The van der Waals surface area contributed by atoms with Crippen LogP contribution in [0.25, 0.3) is 0 Å². The summed E-state index contributed by atoms with van der Waals surface area (Å²) in [6.07, 6.45) is 0.734. The van der Waals surface area contributed by atoms with Crippen LogP contribution in [0.15, 0.2) is 24.3 Å². The van der Waals surface area contributed by atoms with Crippen molar-refractivity contribution in [2.24, 2.45) is 5.41 Å². The highest BCUT2D eigenvalue weighted by atomic mass is 16.4. The molecule has 1 fully saturated rings. The van der Waals surface area contributed by atoms with E-state index in [-0.39, 0.29) is 0 Å². The largest absolute Gasteiger partial charge is 0.481 e. The Morgan fingerprint density at radius 3 is 2.47 bits per heavy atom. The molecule has 104 valence electrons. The molecule has 4 heteroatoms. The normalized spacial score (nSPS) is 23.5. The molecule has 0 bridgehead atoms. The van der Waals surface area contributed by atoms with E-state index in [1.54, 1.807) is 0 Å². The Labute approximate surface area is 114 Å². The van der Waals surface area contributed by atoms with Crippen LogP contribution in [0.1, 0.15) is 18.9 Å². The highest BCUT2D eigenvalue weighted by molar-refractivity contribution is 5.74. The summed E-state index contributed by atoms with van der Waals surface area (Å²) < 4.78 is 0. The molecule has 0 spiro atoms. The van der Waals surface area contributed by atoms with E-state index in [1.165, 1.54) is 11.3 Å². The highest BCUT2D eigenvalue weighted by Gasteiger charge is 2.40. The van der Waals surface area contributed by atoms with Gasteiger partial charge in [0.25, 0.3) is 0 Å². The molecule has 1 aromatic carbocycles. The molecule has 1 atom stereocenters. The average molecular weight is 262 g/mol. The standard InChI is InChI=1S/C15H22N2O2/c1-15(14(18)19)8-9-17(11-15)10-12-4-6-13(7-5-12)16(2)3/h4-7H,8-11H2,1-3H3,(H,18,19). The van der Waals surface area contributed by atoms with E-state index in [9.17, 15) is 9.90 Å². The summed E-state index contributed by atoms with van der Waals surface area (Å²) in [5, 5.41) is 9.22. The van der Waals surface area contributed by atoms with Crippen LogP contribution in [0.5, 0.6) is 0 Å². The van der Waals surface area contributed by atoms with E-state index in [4.69, 9.17) is 0 Å². The zero-order valence-corrected chi connectivity index (χ0v) is 11.9. The molecule has 0 aromatic heterocycles. The molecule has 0 aliphatic carbocycles. The average Bonchev–Trinajstić information content (AvgIpc) is 2.73. The number of rotatable bonds is 4. The van der Waals surface area contributed by atoms with Gasteiger partial charge in [-0.25, -0.2) is 0 Å². The summed E-state index contributed by atoms with van der Waals surface area (Å²) >= 11 is 0. The highest BCUT2D eigenvalue weighted by Crippen LogP contribution is 2.31. The molecule has 2 rings (SSSR count). The quantitative estimate of drug-likeness (QED) is 0.902. The van der Waals surface area contributed by atoms with Crippen LogP contribution in [0.3, 0.4) is 0 Å².